The van der Waals surface area contributed by atoms with E-state index in [1.807, 2.05) is 29.2 Å². The number of benzene rings is 1. The van der Waals surface area contributed by atoms with Gasteiger partial charge < -0.3 is 19.7 Å². The van der Waals surface area contributed by atoms with Gasteiger partial charge in [0.15, 0.2) is 6.10 Å². The van der Waals surface area contributed by atoms with Crippen LogP contribution in [-0.4, -0.2) is 54.7 Å². The lowest BCUT2D eigenvalue weighted by Gasteiger charge is -2.31. The van der Waals surface area contributed by atoms with Crippen molar-refractivity contribution in [1.29, 1.82) is 0 Å². The maximum absolute atomic E-state index is 12.7. The van der Waals surface area contributed by atoms with Crippen LogP contribution >= 0.6 is 0 Å². The van der Waals surface area contributed by atoms with E-state index in [2.05, 4.69) is 19.2 Å². The van der Waals surface area contributed by atoms with Crippen molar-refractivity contribution in [2.24, 2.45) is 0 Å². The number of likely N-dealkylation sites (tertiary alicyclic amines) is 1. The van der Waals surface area contributed by atoms with E-state index in [9.17, 15) is 9.59 Å². The lowest BCUT2D eigenvalue weighted by molar-refractivity contribution is -0.137. The average molecular weight is 374 g/mol. The van der Waals surface area contributed by atoms with Gasteiger partial charge in [-0.3, -0.25) is 9.59 Å². The van der Waals surface area contributed by atoms with E-state index in [0.717, 1.165) is 18.4 Å². The molecule has 3 rings (SSSR count). The molecule has 1 aromatic rings. The van der Waals surface area contributed by atoms with E-state index in [1.54, 1.807) is 6.92 Å². The zero-order valence-corrected chi connectivity index (χ0v) is 16.4. The predicted molar refractivity (Wildman–Crippen MR) is 103 cm³/mol. The van der Waals surface area contributed by atoms with Crippen molar-refractivity contribution in [3.05, 3.63) is 29.8 Å². The molecule has 2 atom stereocenters. The summed E-state index contributed by atoms with van der Waals surface area (Å²) in [7, 11) is 0. The van der Waals surface area contributed by atoms with Crippen LogP contribution in [0, 0.1) is 0 Å². The summed E-state index contributed by atoms with van der Waals surface area (Å²) in [4.78, 5) is 27.1. The Morgan fingerprint density at radius 1 is 1.22 bits per heavy atom. The van der Waals surface area contributed by atoms with Gasteiger partial charge >= 0.3 is 0 Å². The quantitative estimate of drug-likeness (QED) is 0.831. The highest BCUT2D eigenvalue weighted by Gasteiger charge is 2.37. The maximum atomic E-state index is 12.7. The van der Waals surface area contributed by atoms with Crippen LogP contribution < -0.4 is 10.1 Å². The third kappa shape index (κ3) is 4.80. The summed E-state index contributed by atoms with van der Waals surface area (Å²) < 4.78 is 11.2. The van der Waals surface area contributed by atoms with E-state index in [-0.39, 0.29) is 17.9 Å². The van der Waals surface area contributed by atoms with Gasteiger partial charge in [0.25, 0.3) is 5.91 Å². The first-order valence-electron chi connectivity index (χ1n) is 9.91. The molecule has 2 saturated heterocycles. The van der Waals surface area contributed by atoms with Crippen molar-refractivity contribution in [3.63, 3.8) is 0 Å². The molecule has 2 heterocycles. The van der Waals surface area contributed by atoms with E-state index in [0.29, 0.717) is 37.8 Å². The Hall–Kier alpha value is -2.08. The van der Waals surface area contributed by atoms with Gasteiger partial charge in [-0.25, -0.2) is 0 Å². The van der Waals surface area contributed by atoms with Gasteiger partial charge in [0.05, 0.1) is 0 Å². The lowest BCUT2D eigenvalue weighted by Crippen LogP contribution is -2.48. The first kappa shape index (κ1) is 19.7. The molecule has 0 aliphatic carbocycles. The minimum absolute atomic E-state index is 0.0178. The van der Waals surface area contributed by atoms with E-state index in [4.69, 9.17) is 9.47 Å². The van der Waals surface area contributed by atoms with Gasteiger partial charge in [-0.15, -0.1) is 0 Å². The number of carbonyl (C=O) groups is 2. The Balaban J connectivity index is 1.54. The van der Waals surface area contributed by atoms with Crippen molar-refractivity contribution in [1.82, 2.24) is 10.2 Å². The van der Waals surface area contributed by atoms with Gasteiger partial charge in [-0.2, -0.15) is 0 Å². The highest BCUT2D eigenvalue weighted by Crippen LogP contribution is 2.23. The molecule has 1 aromatic carbocycles. The predicted octanol–water partition coefficient (Wildman–Crippen LogP) is 2.47. The van der Waals surface area contributed by atoms with Gasteiger partial charge in [0.2, 0.25) is 5.91 Å². The molecule has 0 spiro atoms. The Kier molecular flexibility index (Phi) is 6.37. The summed E-state index contributed by atoms with van der Waals surface area (Å²) in [5.41, 5.74) is 1.16. The van der Waals surface area contributed by atoms with Crippen LogP contribution in [0.5, 0.6) is 5.75 Å². The van der Waals surface area contributed by atoms with Crippen LogP contribution in [0.2, 0.25) is 0 Å². The average Bonchev–Trinajstić information content (AvgIpc) is 3.03. The molecule has 1 N–H and O–H groups in total. The van der Waals surface area contributed by atoms with Gasteiger partial charge in [0, 0.05) is 25.8 Å². The third-order valence-electron chi connectivity index (χ3n) is 5.39. The summed E-state index contributed by atoms with van der Waals surface area (Å²) in [5, 5.41) is 2.87. The fourth-order valence-corrected chi connectivity index (χ4v) is 3.69. The van der Waals surface area contributed by atoms with Crippen molar-refractivity contribution in [3.8, 4) is 5.75 Å². The van der Waals surface area contributed by atoms with Crippen LogP contribution in [0.3, 0.4) is 0 Å². The Labute approximate surface area is 161 Å². The monoisotopic (exact) mass is 374 g/mol. The summed E-state index contributed by atoms with van der Waals surface area (Å²) >= 11 is 0. The van der Waals surface area contributed by atoms with Crippen LogP contribution in [0.4, 0.5) is 0 Å². The summed E-state index contributed by atoms with van der Waals surface area (Å²) in [6, 6.07) is 7.58. The van der Waals surface area contributed by atoms with Gasteiger partial charge in [-0.1, -0.05) is 26.0 Å². The molecule has 0 saturated carbocycles. The number of ether oxygens (including phenoxy) is 2. The highest BCUT2D eigenvalue weighted by molar-refractivity contribution is 5.90. The molecule has 27 heavy (non-hydrogen) atoms. The molecule has 0 aromatic heterocycles. The lowest BCUT2D eigenvalue weighted by atomic mass is 10.0. The molecule has 2 amide bonds. The fraction of sp³-hybridized carbons (Fsp3) is 0.619. The standard InChI is InChI=1S/C21H30N2O4/c1-14(2)16-5-4-6-18(13-16)27-15(3)20(24)22-19-7-10-23(21(19)25)17-8-11-26-12-9-17/h4-6,13-15,17,19H,7-12H2,1-3H3,(H,22,24). The normalized spacial score (nSPS) is 22.1. The molecular weight excluding hydrogens is 344 g/mol. The number of rotatable bonds is 6. The van der Waals surface area contributed by atoms with Crippen LogP contribution in [0.25, 0.3) is 0 Å². The van der Waals surface area contributed by atoms with Crippen molar-refractivity contribution >= 4 is 11.8 Å². The molecule has 2 unspecified atom stereocenters. The number of nitrogens with zero attached hydrogens (tertiary/aromatic N) is 1. The second kappa shape index (κ2) is 8.74. The summed E-state index contributed by atoms with van der Waals surface area (Å²) in [5.74, 6) is 0.830. The minimum Gasteiger partial charge on any atom is -0.481 e. The number of amides is 2. The second-order valence-corrected chi connectivity index (χ2v) is 7.71. The second-order valence-electron chi connectivity index (χ2n) is 7.71. The molecule has 0 bridgehead atoms. The molecule has 2 aliphatic rings. The topological polar surface area (TPSA) is 67.9 Å². The minimum atomic E-state index is -0.655. The van der Waals surface area contributed by atoms with Crippen LogP contribution in [0.1, 0.15) is 51.5 Å². The van der Waals surface area contributed by atoms with E-state index < -0.39 is 12.1 Å². The maximum Gasteiger partial charge on any atom is 0.261 e. The molecule has 6 nitrogen and oxygen atoms in total. The zero-order chi connectivity index (χ0) is 19.4. The molecular formula is C21H30N2O4. The Morgan fingerprint density at radius 2 is 1.96 bits per heavy atom. The molecule has 2 fully saturated rings. The first-order valence-corrected chi connectivity index (χ1v) is 9.91. The number of hydrogen-bond donors (Lipinski definition) is 1. The largest absolute Gasteiger partial charge is 0.481 e. The number of hydrogen-bond acceptors (Lipinski definition) is 4. The number of carbonyl (C=O) groups excluding carboxylic acids is 2. The SMILES string of the molecule is CC(Oc1cccc(C(C)C)c1)C(=O)NC1CCN(C2CCOCC2)C1=O. The Morgan fingerprint density at radius 3 is 2.67 bits per heavy atom. The molecule has 6 heteroatoms. The van der Waals surface area contributed by atoms with E-state index in [1.165, 1.54) is 0 Å². The molecule has 2 aliphatic heterocycles. The molecule has 148 valence electrons. The van der Waals surface area contributed by atoms with Crippen molar-refractivity contribution in [2.75, 3.05) is 19.8 Å². The smallest absolute Gasteiger partial charge is 0.261 e. The summed E-state index contributed by atoms with van der Waals surface area (Å²) in [6.45, 7) is 8.04. The van der Waals surface area contributed by atoms with Crippen molar-refractivity contribution in [2.45, 2.75) is 64.1 Å². The first-order chi connectivity index (χ1) is 13.0. The molecule has 0 radical (unpaired) electrons. The van der Waals surface area contributed by atoms with Gasteiger partial charge in [0.1, 0.15) is 11.8 Å². The summed E-state index contributed by atoms with van der Waals surface area (Å²) in [6.07, 6.45) is 1.74. The highest BCUT2D eigenvalue weighted by atomic mass is 16.5. The zero-order valence-electron chi connectivity index (χ0n) is 16.4. The number of nitrogens with one attached hydrogen (secondary N) is 1. The van der Waals surface area contributed by atoms with E-state index >= 15 is 0 Å². The van der Waals surface area contributed by atoms with Crippen LogP contribution in [0.15, 0.2) is 24.3 Å². The third-order valence-corrected chi connectivity index (χ3v) is 5.39. The van der Waals surface area contributed by atoms with Gasteiger partial charge in [-0.05, 0) is 49.8 Å². The van der Waals surface area contributed by atoms with Crippen LogP contribution in [-0.2, 0) is 14.3 Å². The Bertz CT molecular complexity index is 670. The van der Waals surface area contributed by atoms with Crippen molar-refractivity contribution < 1.29 is 19.1 Å². The fourth-order valence-electron chi connectivity index (χ4n) is 3.69.